The van der Waals surface area contributed by atoms with Gasteiger partial charge >= 0.3 is 0 Å². The summed E-state index contributed by atoms with van der Waals surface area (Å²) in [5, 5.41) is 2.70. The van der Waals surface area contributed by atoms with Gasteiger partial charge in [0.05, 0.1) is 0 Å². The van der Waals surface area contributed by atoms with Crippen LogP contribution in [0.1, 0.15) is 25.0 Å². The van der Waals surface area contributed by atoms with Gasteiger partial charge in [-0.25, -0.2) is 0 Å². The van der Waals surface area contributed by atoms with Crippen molar-refractivity contribution in [2.45, 2.75) is 26.7 Å². The van der Waals surface area contributed by atoms with E-state index < -0.39 is 0 Å². The summed E-state index contributed by atoms with van der Waals surface area (Å²) in [5.74, 6) is 0. The predicted octanol–water partition coefficient (Wildman–Crippen LogP) is 4.73. The van der Waals surface area contributed by atoms with Crippen molar-refractivity contribution in [2.75, 3.05) is 0 Å². The number of fused-ring (bicyclic) bond motifs is 2. The van der Waals surface area contributed by atoms with E-state index in [4.69, 9.17) is 0 Å². The van der Waals surface area contributed by atoms with E-state index in [1.165, 1.54) is 39.2 Å². The molecule has 0 heterocycles. The molecular weight excluding hydrogens is 260 g/mol. The van der Waals surface area contributed by atoms with Crippen LogP contribution in [0.4, 0.5) is 0 Å². The third kappa shape index (κ3) is 1.49. The fraction of sp³-hybridized carbons (Fsp3) is 0.333. The quantitative estimate of drug-likeness (QED) is 0.652. The van der Waals surface area contributed by atoms with Gasteiger partial charge in [0.2, 0.25) is 0 Å². The maximum Gasteiger partial charge on any atom is 0.0288 e. The highest BCUT2D eigenvalue weighted by Gasteiger charge is 2.30. The fourth-order valence-corrected chi connectivity index (χ4v) is 3.56. The summed E-state index contributed by atoms with van der Waals surface area (Å²) in [5.41, 5.74) is 3.46. The average Bonchev–Trinajstić information content (AvgIpc) is 2.53. The number of benzene rings is 2. The van der Waals surface area contributed by atoms with E-state index in [1.54, 1.807) is 0 Å². The van der Waals surface area contributed by atoms with Crippen LogP contribution >= 0.6 is 15.9 Å². The van der Waals surface area contributed by atoms with Crippen LogP contribution in [0.5, 0.6) is 0 Å². The van der Waals surface area contributed by atoms with Crippen molar-refractivity contribution in [1.29, 1.82) is 0 Å². The lowest BCUT2D eigenvalue weighted by Gasteiger charge is -2.14. The Hall–Kier alpha value is -0.820. The summed E-state index contributed by atoms with van der Waals surface area (Å²) in [4.78, 5) is 0. The molecule has 3 rings (SSSR count). The number of rotatable bonds is 0. The minimum atomic E-state index is 0.419. The van der Waals surface area contributed by atoms with Gasteiger partial charge in [-0.3, -0.25) is 0 Å². The van der Waals surface area contributed by atoms with Gasteiger partial charge in [0.15, 0.2) is 0 Å². The van der Waals surface area contributed by atoms with Crippen molar-refractivity contribution in [1.82, 2.24) is 0 Å². The summed E-state index contributed by atoms with van der Waals surface area (Å²) in [7, 11) is 0. The Morgan fingerprint density at radius 2 is 1.88 bits per heavy atom. The van der Waals surface area contributed by atoms with Crippen LogP contribution < -0.4 is 0 Å². The van der Waals surface area contributed by atoms with Crippen LogP contribution in [0.3, 0.4) is 0 Å². The molecule has 1 aliphatic carbocycles. The van der Waals surface area contributed by atoms with Gasteiger partial charge in [-0.2, -0.15) is 0 Å². The topological polar surface area (TPSA) is 0 Å². The van der Waals surface area contributed by atoms with E-state index in [-0.39, 0.29) is 0 Å². The van der Waals surface area contributed by atoms with E-state index in [0.717, 1.165) is 0 Å². The summed E-state index contributed by atoms with van der Waals surface area (Å²) < 4.78 is 1.31. The summed E-state index contributed by atoms with van der Waals surface area (Å²) in [6.07, 6.45) is 2.39. The third-order valence-corrected chi connectivity index (χ3v) is 4.41. The van der Waals surface area contributed by atoms with Crippen LogP contribution in [0.2, 0.25) is 0 Å². The standard InChI is InChI=1S/C15H15Br/c1-15(2)8-11-7-10-5-3-4-6-12(10)14(16)13(11)9-15/h3-7H,8-9H2,1-2H3. The largest absolute Gasteiger partial charge is 0.0616 e. The van der Waals surface area contributed by atoms with Crippen LogP contribution in [-0.2, 0) is 12.8 Å². The van der Waals surface area contributed by atoms with Crippen molar-refractivity contribution in [3.8, 4) is 0 Å². The van der Waals surface area contributed by atoms with Crippen molar-refractivity contribution in [3.63, 3.8) is 0 Å². The van der Waals surface area contributed by atoms with Crippen LogP contribution in [0, 0.1) is 5.41 Å². The molecule has 2 aromatic carbocycles. The smallest absolute Gasteiger partial charge is 0.0288 e. The van der Waals surface area contributed by atoms with Crippen LogP contribution in [0.25, 0.3) is 10.8 Å². The molecule has 0 aliphatic heterocycles. The van der Waals surface area contributed by atoms with E-state index in [2.05, 4.69) is 60.1 Å². The molecule has 16 heavy (non-hydrogen) atoms. The molecule has 0 spiro atoms. The SMILES string of the molecule is CC1(C)Cc2cc3ccccc3c(Br)c2C1. The normalized spacial score (nSPS) is 17.7. The maximum absolute atomic E-state index is 3.78. The Kier molecular flexibility index (Phi) is 2.16. The Balaban J connectivity index is 2.31. The molecule has 2 aromatic rings. The van der Waals surface area contributed by atoms with Gasteiger partial charge in [-0.05, 0) is 56.1 Å². The average molecular weight is 275 g/mol. The first-order valence-electron chi connectivity index (χ1n) is 5.76. The molecule has 0 atom stereocenters. The zero-order valence-electron chi connectivity index (χ0n) is 9.68. The van der Waals surface area contributed by atoms with Gasteiger partial charge in [0, 0.05) is 4.47 Å². The lowest BCUT2D eigenvalue weighted by atomic mass is 9.90. The highest BCUT2D eigenvalue weighted by Crippen LogP contribution is 2.42. The van der Waals surface area contributed by atoms with Crippen molar-refractivity contribution in [2.24, 2.45) is 5.41 Å². The summed E-state index contributed by atoms with van der Waals surface area (Å²) in [6.45, 7) is 4.70. The van der Waals surface area contributed by atoms with E-state index in [0.29, 0.717) is 5.41 Å². The van der Waals surface area contributed by atoms with Gasteiger partial charge in [-0.15, -0.1) is 0 Å². The molecule has 82 valence electrons. The summed E-state index contributed by atoms with van der Waals surface area (Å²) in [6, 6.07) is 11.0. The lowest BCUT2D eigenvalue weighted by Crippen LogP contribution is -2.09. The van der Waals surface area contributed by atoms with Gasteiger partial charge in [0.1, 0.15) is 0 Å². The number of halogens is 1. The highest BCUT2D eigenvalue weighted by molar-refractivity contribution is 9.10. The molecular formula is C15H15Br. The van der Waals surface area contributed by atoms with Crippen molar-refractivity contribution in [3.05, 3.63) is 45.9 Å². The lowest BCUT2D eigenvalue weighted by molar-refractivity contribution is 0.392. The third-order valence-electron chi connectivity index (χ3n) is 3.50. The molecule has 0 amide bonds. The first-order chi connectivity index (χ1) is 7.57. The van der Waals surface area contributed by atoms with Crippen molar-refractivity contribution >= 4 is 26.7 Å². The molecule has 0 aromatic heterocycles. The molecule has 0 N–H and O–H groups in total. The number of hydrogen-bond acceptors (Lipinski definition) is 0. The van der Waals surface area contributed by atoms with E-state index >= 15 is 0 Å². The molecule has 1 aliphatic rings. The Morgan fingerprint density at radius 1 is 1.12 bits per heavy atom. The van der Waals surface area contributed by atoms with Gasteiger partial charge < -0.3 is 0 Å². The zero-order chi connectivity index (χ0) is 11.3. The number of hydrogen-bond donors (Lipinski definition) is 0. The molecule has 0 fully saturated rings. The minimum absolute atomic E-state index is 0.419. The molecule has 0 saturated carbocycles. The predicted molar refractivity (Wildman–Crippen MR) is 72.8 cm³/mol. The van der Waals surface area contributed by atoms with Crippen molar-refractivity contribution < 1.29 is 0 Å². The molecule has 1 heteroatoms. The van der Waals surface area contributed by atoms with Gasteiger partial charge in [-0.1, -0.05) is 44.2 Å². The minimum Gasteiger partial charge on any atom is -0.0616 e. The maximum atomic E-state index is 3.78. The second-order valence-electron chi connectivity index (χ2n) is 5.57. The second-order valence-corrected chi connectivity index (χ2v) is 6.36. The molecule has 0 nitrogen and oxygen atoms in total. The monoisotopic (exact) mass is 274 g/mol. The van der Waals surface area contributed by atoms with Crippen LogP contribution in [0.15, 0.2) is 34.8 Å². The van der Waals surface area contributed by atoms with Gasteiger partial charge in [0.25, 0.3) is 0 Å². The van der Waals surface area contributed by atoms with E-state index in [1.807, 2.05) is 0 Å². The van der Waals surface area contributed by atoms with E-state index in [9.17, 15) is 0 Å². The Bertz CT molecular complexity index is 567. The molecule has 0 unspecified atom stereocenters. The fourth-order valence-electron chi connectivity index (χ4n) is 2.81. The zero-order valence-corrected chi connectivity index (χ0v) is 11.3. The molecule has 0 bridgehead atoms. The first kappa shape index (κ1) is 10.3. The second kappa shape index (κ2) is 3.33. The summed E-state index contributed by atoms with van der Waals surface area (Å²) >= 11 is 3.78. The van der Waals surface area contributed by atoms with Crippen LogP contribution in [-0.4, -0.2) is 0 Å². The molecule has 0 saturated heterocycles. The first-order valence-corrected chi connectivity index (χ1v) is 6.55. The molecule has 0 radical (unpaired) electrons. The Labute approximate surface area is 105 Å². The highest BCUT2D eigenvalue weighted by atomic mass is 79.9. The Morgan fingerprint density at radius 3 is 2.69 bits per heavy atom.